The number of ether oxygens (including phenoxy) is 1. The Kier molecular flexibility index (Phi) is 6.83. The molecule has 1 N–H and O–H groups in total. The number of hydrogen-bond acceptors (Lipinski definition) is 5. The van der Waals surface area contributed by atoms with Gasteiger partial charge in [-0.25, -0.2) is 13.2 Å². The molecule has 2 aliphatic rings. The minimum atomic E-state index is -3.66. The van der Waals surface area contributed by atoms with Crippen LogP contribution in [0.4, 0.5) is 5.69 Å². The fourth-order valence-corrected chi connectivity index (χ4v) is 5.76. The Morgan fingerprint density at radius 1 is 1.09 bits per heavy atom. The zero-order valence-corrected chi connectivity index (χ0v) is 19.4. The Morgan fingerprint density at radius 3 is 2.52 bits per heavy atom. The number of hydrogen-bond donors (Lipinski definition) is 1. The second-order valence-corrected chi connectivity index (χ2v) is 10.3. The van der Waals surface area contributed by atoms with Crippen molar-refractivity contribution < 1.29 is 22.7 Å². The van der Waals surface area contributed by atoms with Gasteiger partial charge < -0.3 is 10.1 Å². The van der Waals surface area contributed by atoms with Gasteiger partial charge in [0.05, 0.1) is 10.6 Å². The summed E-state index contributed by atoms with van der Waals surface area (Å²) in [6.07, 6.45) is 6.71. The number of anilines is 1. The molecule has 0 bridgehead atoms. The van der Waals surface area contributed by atoms with Crippen molar-refractivity contribution in [1.82, 2.24) is 5.32 Å². The van der Waals surface area contributed by atoms with Crippen molar-refractivity contribution in [2.45, 2.75) is 56.1 Å². The van der Waals surface area contributed by atoms with Gasteiger partial charge in [-0.15, -0.1) is 0 Å². The summed E-state index contributed by atoms with van der Waals surface area (Å²) in [5.41, 5.74) is 2.39. The summed E-state index contributed by atoms with van der Waals surface area (Å²) in [5.74, 6) is -0.920. The molecule has 1 saturated carbocycles. The van der Waals surface area contributed by atoms with Crippen LogP contribution in [0.1, 0.15) is 43.7 Å². The molecular weight excluding hydrogens is 440 g/mol. The highest BCUT2D eigenvalue weighted by Gasteiger charge is 2.30. The van der Waals surface area contributed by atoms with Crippen molar-refractivity contribution in [3.63, 3.8) is 0 Å². The number of nitrogens with zero attached hydrogens (tertiary/aromatic N) is 1. The van der Waals surface area contributed by atoms with Gasteiger partial charge in [-0.1, -0.05) is 43.2 Å². The number of carbonyl (C=O) groups is 2. The molecule has 1 aliphatic heterocycles. The van der Waals surface area contributed by atoms with E-state index in [0.717, 1.165) is 36.9 Å². The summed E-state index contributed by atoms with van der Waals surface area (Å²) >= 11 is 0. The third kappa shape index (κ3) is 5.27. The highest BCUT2D eigenvalue weighted by Crippen LogP contribution is 2.32. The molecule has 2 aromatic carbocycles. The van der Waals surface area contributed by atoms with E-state index in [1.807, 2.05) is 24.3 Å². The van der Waals surface area contributed by atoms with Crippen molar-refractivity contribution in [3.8, 4) is 0 Å². The fourth-order valence-electron chi connectivity index (χ4n) is 4.26. The molecule has 0 unspecified atom stereocenters. The van der Waals surface area contributed by atoms with E-state index < -0.39 is 22.1 Å². The Labute approximate surface area is 194 Å². The first-order valence-corrected chi connectivity index (χ1v) is 12.7. The Hall–Kier alpha value is -3.13. The molecular formula is C25H28N2O5S. The van der Waals surface area contributed by atoms with E-state index in [-0.39, 0.29) is 16.8 Å². The number of carbonyl (C=O) groups excluding carboxylic acids is 2. The summed E-state index contributed by atoms with van der Waals surface area (Å²) in [6.45, 7) is 1.97. The van der Waals surface area contributed by atoms with Crippen LogP contribution >= 0.6 is 0 Å². The summed E-state index contributed by atoms with van der Waals surface area (Å²) in [6, 6.07) is 14.0. The number of esters is 1. The highest BCUT2D eigenvalue weighted by atomic mass is 32.2. The van der Waals surface area contributed by atoms with E-state index >= 15 is 0 Å². The topological polar surface area (TPSA) is 92.8 Å². The average Bonchev–Trinajstić information content (AvgIpc) is 3.48. The van der Waals surface area contributed by atoms with E-state index in [4.69, 9.17) is 4.74 Å². The van der Waals surface area contributed by atoms with Crippen molar-refractivity contribution in [1.29, 1.82) is 0 Å². The van der Waals surface area contributed by atoms with Gasteiger partial charge in [-0.3, -0.25) is 9.10 Å². The van der Waals surface area contributed by atoms with Crippen LogP contribution in [0.3, 0.4) is 0 Å². The molecule has 8 heteroatoms. The van der Waals surface area contributed by atoms with Crippen LogP contribution < -0.4 is 9.62 Å². The summed E-state index contributed by atoms with van der Waals surface area (Å²) in [7, 11) is -3.66. The van der Waals surface area contributed by atoms with E-state index in [0.29, 0.717) is 18.5 Å². The predicted molar refractivity (Wildman–Crippen MR) is 126 cm³/mol. The van der Waals surface area contributed by atoms with Gasteiger partial charge in [0, 0.05) is 18.7 Å². The molecule has 174 valence electrons. The van der Waals surface area contributed by atoms with Gasteiger partial charge in [0.15, 0.2) is 6.10 Å². The molecule has 1 amide bonds. The van der Waals surface area contributed by atoms with Gasteiger partial charge in [-0.05, 0) is 61.6 Å². The SMILES string of the molecule is C[C@@H](OC(=O)/C=C/c1ccc(S(=O)(=O)N2CCc3ccccc32)cc1)C(=O)NC1CCCC1. The van der Waals surface area contributed by atoms with Crippen LogP contribution in [0.15, 0.2) is 59.5 Å². The smallest absolute Gasteiger partial charge is 0.331 e. The van der Waals surface area contributed by atoms with Crippen molar-refractivity contribution in [3.05, 3.63) is 65.7 Å². The van der Waals surface area contributed by atoms with Gasteiger partial charge in [0.25, 0.3) is 15.9 Å². The Balaban J connectivity index is 1.35. The maximum atomic E-state index is 13.1. The van der Waals surface area contributed by atoms with Gasteiger partial charge in [-0.2, -0.15) is 0 Å². The second kappa shape index (κ2) is 9.79. The van der Waals surface area contributed by atoms with Crippen LogP contribution in [-0.4, -0.2) is 39.0 Å². The second-order valence-electron chi connectivity index (χ2n) is 8.43. The third-order valence-electron chi connectivity index (χ3n) is 6.09. The van der Waals surface area contributed by atoms with E-state index in [2.05, 4.69) is 5.32 Å². The van der Waals surface area contributed by atoms with E-state index in [9.17, 15) is 18.0 Å². The monoisotopic (exact) mass is 468 g/mol. The Bertz CT molecular complexity index is 1150. The quantitative estimate of drug-likeness (QED) is 0.496. The lowest BCUT2D eigenvalue weighted by molar-refractivity contribution is -0.150. The lowest BCUT2D eigenvalue weighted by atomic mass is 10.2. The van der Waals surface area contributed by atoms with E-state index in [1.54, 1.807) is 19.1 Å². The number of fused-ring (bicyclic) bond motifs is 1. The summed E-state index contributed by atoms with van der Waals surface area (Å²) in [4.78, 5) is 24.4. The van der Waals surface area contributed by atoms with Gasteiger partial charge in [0.1, 0.15) is 0 Å². The maximum absolute atomic E-state index is 13.1. The van der Waals surface area contributed by atoms with E-state index in [1.165, 1.54) is 28.6 Å². The minimum Gasteiger partial charge on any atom is -0.449 e. The van der Waals surface area contributed by atoms with Crippen molar-refractivity contribution in [2.24, 2.45) is 0 Å². The van der Waals surface area contributed by atoms with Crippen LogP contribution in [0.2, 0.25) is 0 Å². The molecule has 0 aromatic heterocycles. The fraction of sp³-hybridized carbons (Fsp3) is 0.360. The Morgan fingerprint density at radius 2 is 1.79 bits per heavy atom. The molecule has 1 fully saturated rings. The molecule has 0 radical (unpaired) electrons. The number of amides is 1. The first-order valence-electron chi connectivity index (χ1n) is 11.2. The molecule has 0 saturated heterocycles. The van der Waals surface area contributed by atoms with Gasteiger partial charge >= 0.3 is 5.97 Å². The largest absolute Gasteiger partial charge is 0.449 e. The predicted octanol–water partition coefficient (Wildman–Crippen LogP) is 3.44. The molecule has 7 nitrogen and oxygen atoms in total. The number of sulfonamides is 1. The molecule has 1 heterocycles. The number of rotatable bonds is 7. The third-order valence-corrected chi connectivity index (χ3v) is 7.92. The number of benzene rings is 2. The lowest BCUT2D eigenvalue weighted by Crippen LogP contribution is -2.40. The van der Waals surface area contributed by atoms with Gasteiger partial charge in [0.2, 0.25) is 0 Å². The van der Waals surface area contributed by atoms with Crippen LogP contribution in [-0.2, 0) is 30.8 Å². The summed E-state index contributed by atoms with van der Waals surface area (Å²) in [5, 5.41) is 2.91. The average molecular weight is 469 g/mol. The highest BCUT2D eigenvalue weighted by molar-refractivity contribution is 7.92. The summed E-state index contributed by atoms with van der Waals surface area (Å²) < 4.78 is 32.8. The zero-order valence-electron chi connectivity index (χ0n) is 18.6. The number of nitrogens with one attached hydrogen (secondary N) is 1. The van der Waals surface area contributed by atoms with Crippen LogP contribution in [0.25, 0.3) is 6.08 Å². The molecule has 1 atom stereocenters. The van der Waals surface area contributed by atoms with Crippen LogP contribution in [0, 0.1) is 0 Å². The van der Waals surface area contributed by atoms with Crippen molar-refractivity contribution in [2.75, 3.05) is 10.8 Å². The molecule has 2 aromatic rings. The normalized spacial score (nSPS) is 17.2. The number of para-hydroxylation sites is 1. The standard InChI is InChI=1S/C25H28N2O5S/c1-18(25(29)26-21-7-3-4-8-21)32-24(28)15-12-19-10-13-22(14-11-19)33(30,31)27-17-16-20-6-2-5-9-23(20)27/h2,5-6,9-15,18,21H,3-4,7-8,16-17H2,1H3,(H,26,29)/b15-12+/t18-/m1/s1. The van der Waals surface area contributed by atoms with Crippen molar-refractivity contribution >= 4 is 33.7 Å². The molecule has 4 rings (SSSR count). The zero-order chi connectivity index (χ0) is 23.4. The first kappa shape index (κ1) is 23.0. The minimum absolute atomic E-state index is 0.165. The molecule has 0 spiro atoms. The maximum Gasteiger partial charge on any atom is 0.331 e. The lowest BCUT2D eigenvalue weighted by Gasteiger charge is -2.19. The van der Waals surface area contributed by atoms with Crippen LogP contribution in [0.5, 0.6) is 0 Å². The first-order chi connectivity index (χ1) is 15.8. The molecule has 1 aliphatic carbocycles. The molecule has 33 heavy (non-hydrogen) atoms.